The molecule has 4 rings (SSSR count). The van der Waals surface area contributed by atoms with E-state index < -0.39 is 0 Å². The number of nitrogens with zero attached hydrogens (tertiary/aromatic N) is 3. The van der Waals surface area contributed by atoms with E-state index in [0.717, 1.165) is 24.5 Å². The van der Waals surface area contributed by atoms with Gasteiger partial charge >= 0.3 is 0 Å². The average Bonchev–Trinajstić information content (AvgIpc) is 3.21. The van der Waals surface area contributed by atoms with Gasteiger partial charge in [0.25, 0.3) is 0 Å². The summed E-state index contributed by atoms with van der Waals surface area (Å²) in [4.78, 5) is 11.3. The zero-order valence-corrected chi connectivity index (χ0v) is 15.4. The van der Waals surface area contributed by atoms with Gasteiger partial charge in [-0.15, -0.1) is 0 Å². The highest BCUT2D eigenvalue weighted by Gasteiger charge is 2.28. The van der Waals surface area contributed by atoms with E-state index in [2.05, 4.69) is 22.4 Å². The lowest BCUT2D eigenvalue weighted by atomic mass is 10.0. The van der Waals surface area contributed by atoms with Gasteiger partial charge in [0.15, 0.2) is 0 Å². The molecular formula is C20H26N4O3. The second-order valence-corrected chi connectivity index (χ2v) is 7.06. The molecule has 0 bridgehead atoms. The van der Waals surface area contributed by atoms with Crippen LogP contribution in [-0.4, -0.2) is 60.6 Å². The summed E-state index contributed by atoms with van der Waals surface area (Å²) in [5.41, 5.74) is 2.17. The summed E-state index contributed by atoms with van der Waals surface area (Å²) >= 11 is 0. The van der Waals surface area contributed by atoms with Crippen LogP contribution in [0.3, 0.4) is 0 Å². The van der Waals surface area contributed by atoms with Gasteiger partial charge in [-0.3, -0.25) is 0 Å². The molecule has 1 aromatic carbocycles. The van der Waals surface area contributed by atoms with Crippen molar-refractivity contribution in [2.45, 2.75) is 25.0 Å². The number of anilines is 2. The minimum atomic E-state index is -0.283. The Bertz CT molecular complexity index is 731. The number of rotatable bonds is 8. The summed E-state index contributed by atoms with van der Waals surface area (Å²) in [6.45, 7) is 4.54. The lowest BCUT2D eigenvalue weighted by Gasteiger charge is -2.36. The minimum Gasteiger partial charge on any atom is -0.389 e. The molecule has 0 spiro atoms. The van der Waals surface area contributed by atoms with Crippen LogP contribution in [0.5, 0.6) is 0 Å². The summed E-state index contributed by atoms with van der Waals surface area (Å²) in [5, 5.41) is 12.9. The number of aliphatic hydroxyl groups excluding tert-OH is 1. The Morgan fingerprint density at radius 1 is 1.22 bits per heavy atom. The van der Waals surface area contributed by atoms with Crippen molar-refractivity contribution < 1.29 is 14.6 Å². The third kappa shape index (κ3) is 4.74. The third-order valence-electron chi connectivity index (χ3n) is 4.89. The van der Waals surface area contributed by atoms with Gasteiger partial charge < -0.3 is 24.8 Å². The molecule has 2 aromatic rings. The molecule has 2 aliphatic rings. The first kappa shape index (κ1) is 18.2. The van der Waals surface area contributed by atoms with E-state index >= 15 is 0 Å². The highest BCUT2D eigenvalue weighted by molar-refractivity contribution is 5.46. The van der Waals surface area contributed by atoms with Crippen LogP contribution in [0, 0.1) is 0 Å². The maximum atomic E-state index is 9.57. The van der Waals surface area contributed by atoms with Crippen LogP contribution >= 0.6 is 0 Å². The second-order valence-electron chi connectivity index (χ2n) is 7.06. The van der Waals surface area contributed by atoms with Crippen molar-refractivity contribution in [2.24, 2.45) is 0 Å². The predicted octanol–water partition coefficient (Wildman–Crippen LogP) is 1.79. The number of β-amino-alcohol motifs (C(OH)–C–C–N with tert-alkyl or cyclic N) is 1. The van der Waals surface area contributed by atoms with Gasteiger partial charge in [0.1, 0.15) is 5.82 Å². The molecule has 27 heavy (non-hydrogen) atoms. The Labute approximate surface area is 159 Å². The molecule has 2 aliphatic heterocycles. The van der Waals surface area contributed by atoms with Gasteiger partial charge in [-0.1, -0.05) is 30.3 Å². The maximum Gasteiger partial charge on any atom is 0.227 e. The fraction of sp³-hybridized carbons (Fsp3) is 0.500. The Kier molecular flexibility index (Phi) is 5.81. The van der Waals surface area contributed by atoms with Crippen LogP contribution in [0.2, 0.25) is 0 Å². The van der Waals surface area contributed by atoms with Crippen LogP contribution in [0.4, 0.5) is 11.8 Å². The molecule has 144 valence electrons. The standard InChI is InChI=1S/C20H26N4O3/c25-17-11-24(12-17)20-22-18(16-6-8-26-14-16)10-19(23-20)21-7-9-27-13-15-4-2-1-3-5-15/h1-5,10,16-17,25H,6-9,11-14H2,(H,21,22,23). The van der Waals surface area contributed by atoms with Crippen molar-refractivity contribution in [1.82, 2.24) is 9.97 Å². The number of benzene rings is 1. The van der Waals surface area contributed by atoms with E-state index in [-0.39, 0.29) is 6.10 Å². The number of nitrogens with one attached hydrogen (secondary N) is 1. The predicted molar refractivity (Wildman–Crippen MR) is 103 cm³/mol. The minimum absolute atomic E-state index is 0.283. The van der Waals surface area contributed by atoms with Crippen molar-refractivity contribution in [3.63, 3.8) is 0 Å². The summed E-state index contributed by atoms with van der Waals surface area (Å²) < 4.78 is 11.2. The van der Waals surface area contributed by atoms with E-state index in [4.69, 9.17) is 14.5 Å². The fourth-order valence-electron chi connectivity index (χ4n) is 3.30. The Morgan fingerprint density at radius 3 is 2.81 bits per heavy atom. The monoisotopic (exact) mass is 370 g/mol. The summed E-state index contributed by atoms with van der Waals surface area (Å²) in [6, 6.07) is 12.2. The molecule has 2 fully saturated rings. The molecule has 0 aliphatic carbocycles. The normalized spacial score (nSPS) is 19.9. The summed E-state index contributed by atoms with van der Waals surface area (Å²) in [7, 11) is 0. The highest BCUT2D eigenvalue weighted by Crippen LogP contribution is 2.28. The SMILES string of the molecule is OC1CN(c2nc(NCCOCc3ccccc3)cc(C3CCOC3)n2)C1. The third-order valence-corrected chi connectivity index (χ3v) is 4.89. The van der Waals surface area contributed by atoms with E-state index in [1.165, 1.54) is 5.56 Å². The number of ether oxygens (including phenoxy) is 2. The van der Waals surface area contributed by atoms with Crippen LogP contribution in [0.1, 0.15) is 23.6 Å². The van der Waals surface area contributed by atoms with Gasteiger partial charge in [0, 0.05) is 38.2 Å². The first-order valence-corrected chi connectivity index (χ1v) is 9.53. The van der Waals surface area contributed by atoms with Gasteiger partial charge in [-0.25, -0.2) is 4.98 Å². The van der Waals surface area contributed by atoms with Gasteiger partial charge in [-0.2, -0.15) is 4.98 Å². The quantitative estimate of drug-likeness (QED) is 0.686. The van der Waals surface area contributed by atoms with Crippen LogP contribution in [0.25, 0.3) is 0 Å². The van der Waals surface area contributed by atoms with Gasteiger partial charge in [0.05, 0.1) is 31.6 Å². The highest BCUT2D eigenvalue weighted by atomic mass is 16.5. The molecular weight excluding hydrogens is 344 g/mol. The Hall–Kier alpha value is -2.22. The van der Waals surface area contributed by atoms with Crippen molar-refractivity contribution in [3.8, 4) is 0 Å². The Balaban J connectivity index is 1.34. The zero-order chi connectivity index (χ0) is 18.5. The molecule has 1 unspecified atom stereocenters. The topological polar surface area (TPSA) is 79.7 Å². The van der Waals surface area contributed by atoms with Crippen molar-refractivity contribution in [2.75, 3.05) is 49.7 Å². The molecule has 1 aromatic heterocycles. The number of aliphatic hydroxyl groups is 1. The summed E-state index contributed by atoms with van der Waals surface area (Å²) in [6.07, 6.45) is 0.702. The van der Waals surface area contributed by atoms with Gasteiger partial charge in [-0.05, 0) is 12.0 Å². The van der Waals surface area contributed by atoms with Gasteiger partial charge in [0.2, 0.25) is 5.95 Å². The molecule has 0 radical (unpaired) electrons. The van der Waals surface area contributed by atoms with Crippen molar-refractivity contribution in [1.29, 1.82) is 0 Å². The van der Waals surface area contributed by atoms with E-state index in [0.29, 0.717) is 51.3 Å². The maximum absolute atomic E-state index is 9.57. The zero-order valence-electron chi connectivity index (χ0n) is 15.4. The van der Waals surface area contributed by atoms with E-state index in [1.54, 1.807) is 0 Å². The molecule has 2 N–H and O–H groups in total. The number of hydrogen-bond acceptors (Lipinski definition) is 7. The van der Waals surface area contributed by atoms with E-state index in [1.807, 2.05) is 29.2 Å². The van der Waals surface area contributed by atoms with Crippen LogP contribution in [-0.2, 0) is 16.1 Å². The molecule has 2 saturated heterocycles. The van der Waals surface area contributed by atoms with Crippen LogP contribution in [0.15, 0.2) is 36.4 Å². The molecule has 3 heterocycles. The lowest BCUT2D eigenvalue weighted by molar-refractivity contribution is 0.130. The smallest absolute Gasteiger partial charge is 0.227 e. The first-order chi connectivity index (χ1) is 13.3. The number of hydrogen-bond donors (Lipinski definition) is 2. The van der Waals surface area contributed by atoms with E-state index in [9.17, 15) is 5.11 Å². The first-order valence-electron chi connectivity index (χ1n) is 9.53. The number of aromatic nitrogens is 2. The van der Waals surface area contributed by atoms with Crippen LogP contribution < -0.4 is 10.2 Å². The fourth-order valence-corrected chi connectivity index (χ4v) is 3.30. The Morgan fingerprint density at radius 2 is 2.07 bits per heavy atom. The molecule has 0 amide bonds. The summed E-state index contributed by atoms with van der Waals surface area (Å²) in [5.74, 6) is 1.79. The largest absolute Gasteiger partial charge is 0.389 e. The molecule has 7 heteroatoms. The lowest BCUT2D eigenvalue weighted by Crippen LogP contribution is -2.51. The molecule has 1 atom stereocenters. The average molecular weight is 370 g/mol. The van der Waals surface area contributed by atoms with Crippen molar-refractivity contribution >= 4 is 11.8 Å². The second kappa shape index (κ2) is 8.65. The molecule has 7 nitrogen and oxygen atoms in total. The molecule has 0 saturated carbocycles. The van der Waals surface area contributed by atoms with Crippen molar-refractivity contribution in [3.05, 3.63) is 47.7 Å².